The van der Waals surface area contributed by atoms with Gasteiger partial charge in [-0.1, -0.05) is 0 Å². The number of carbonyl (C=O) groups is 3. The van der Waals surface area contributed by atoms with E-state index < -0.39 is 5.54 Å². The molecule has 2 fully saturated rings. The number of piperazine rings is 1. The topological polar surface area (TPSA) is 81.8 Å². The molecule has 0 aromatic carbocycles. The average molecular weight is 296 g/mol. The van der Waals surface area contributed by atoms with Gasteiger partial charge in [0.05, 0.1) is 0 Å². The Hall–Kier alpha value is -1.63. The van der Waals surface area contributed by atoms with E-state index in [0.29, 0.717) is 19.4 Å². The van der Waals surface area contributed by atoms with Crippen LogP contribution in [0.3, 0.4) is 0 Å². The van der Waals surface area contributed by atoms with E-state index >= 15 is 0 Å². The third kappa shape index (κ3) is 3.34. The molecular weight excluding hydrogens is 272 g/mol. The van der Waals surface area contributed by atoms with Gasteiger partial charge in [0.15, 0.2) is 0 Å². The molecule has 2 saturated heterocycles. The fourth-order valence-corrected chi connectivity index (χ4v) is 2.76. The van der Waals surface area contributed by atoms with Gasteiger partial charge in [0.25, 0.3) is 5.91 Å². The highest BCUT2D eigenvalue weighted by Crippen LogP contribution is 2.17. The first-order valence-corrected chi connectivity index (χ1v) is 7.47. The Morgan fingerprint density at radius 3 is 2.67 bits per heavy atom. The van der Waals surface area contributed by atoms with Crippen molar-refractivity contribution in [2.24, 2.45) is 0 Å². The zero-order valence-corrected chi connectivity index (χ0v) is 12.9. The number of nitrogens with one attached hydrogen (secondary N) is 2. The molecule has 0 aromatic heterocycles. The minimum absolute atomic E-state index is 0.0929. The number of rotatable bonds is 4. The standard InChI is InChI=1S/C14H24N4O3/c1-10-9-15-6-8-17(10)11(19)5-4-7-18-12(20)14(2,3)16-13(18)21/h10,15H,4-9H2,1-3H3,(H,16,21)/t10-/m0/s1. The number of imide groups is 1. The van der Waals surface area contributed by atoms with Crippen molar-refractivity contribution in [2.75, 3.05) is 26.2 Å². The van der Waals surface area contributed by atoms with Crippen LogP contribution in [0.4, 0.5) is 4.79 Å². The first-order chi connectivity index (χ1) is 9.83. The van der Waals surface area contributed by atoms with Gasteiger partial charge in [-0.2, -0.15) is 0 Å². The second kappa shape index (κ2) is 6.01. The molecule has 2 N–H and O–H groups in total. The Kier molecular flexibility index (Phi) is 4.51. The maximum atomic E-state index is 12.2. The smallest absolute Gasteiger partial charge is 0.325 e. The Balaban J connectivity index is 1.80. The normalized spacial score (nSPS) is 25.2. The number of hydrogen-bond donors (Lipinski definition) is 2. The molecule has 4 amide bonds. The summed E-state index contributed by atoms with van der Waals surface area (Å²) in [5, 5.41) is 5.88. The largest absolute Gasteiger partial charge is 0.337 e. The first kappa shape index (κ1) is 15.8. The predicted molar refractivity (Wildman–Crippen MR) is 77.6 cm³/mol. The molecule has 0 unspecified atom stereocenters. The minimum Gasteiger partial charge on any atom is -0.337 e. The van der Waals surface area contributed by atoms with E-state index in [1.807, 2.05) is 11.8 Å². The zero-order valence-electron chi connectivity index (χ0n) is 12.9. The van der Waals surface area contributed by atoms with Gasteiger partial charge in [-0.3, -0.25) is 14.5 Å². The van der Waals surface area contributed by atoms with Gasteiger partial charge in [0.2, 0.25) is 5.91 Å². The number of hydrogen-bond acceptors (Lipinski definition) is 4. The fourth-order valence-electron chi connectivity index (χ4n) is 2.76. The summed E-state index contributed by atoms with van der Waals surface area (Å²) in [5.41, 5.74) is -0.839. The van der Waals surface area contributed by atoms with Crippen molar-refractivity contribution in [2.45, 2.75) is 45.2 Å². The quantitative estimate of drug-likeness (QED) is 0.711. The van der Waals surface area contributed by atoms with Gasteiger partial charge in [-0.15, -0.1) is 0 Å². The van der Waals surface area contributed by atoms with Crippen LogP contribution in [-0.4, -0.2) is 65.4 Å². The fraction of sp³-hybridized carbons (Fsp3) is 0.786. The lowest BCUT2D eigenvalue weighted by atomic mass is 10.1. The molecule has 1 atom stereocenters. The van der Waals surface area contributed by atoms with Gasteiger partial charge in [-0.25, -0.2) is 4.79 Å². The number of nitrogens with zero attached hydrogens (tertiary/aromatic N) is 2. The van der Waals surface area contributed by atoms with Crippen molar-refractivity contribution in [3.8, 4) is 0 Å². The summed E-state index contributed by atoms with van der Waals surface area (Å²) < 4.78 is 0. The van der Waals surface area contributed by atoms with Crippen molar-refractivity contribution in [1.82, 2.24) is 20.4 Å². The molecule has 0 saturated carbocycles. The Morgan fingerprint density at radius 2 is 2.10 bits per heavy atom. The van der Waals surface area contributed by atoms with Gasteiger partial charge < -0.3 is 15.5 Å². The zero-order chi connectivity index (χ0) is 15.6. The summed E-state index contributed by atoms with van der Waals surface area (Å²) in [6, 6.07) is -0.171. The molecule has 0 spiro atoms. The van der Waals surface area contributed by atoms with E-state index in [0.717, 1.165) is 19.6 Å². The first-order valence-electron chi connectivity index (χ1n) is 7.47. The van der Waals surface area contributed by atoms with Crippen LogP contribution in [0, 0.1) is 0 Å². The Bertz CT molecular complexity index is 450. The summed E-state index contributed by atoms with van der Waals surface area (Å²) in [7, 11) is 0. The van der Waals surface area contributed by atoms with Crippen LogP contribution in [0.2, 0.25) is 0 Å². The highest BCUT2D eigenvalue weighted by atomic mass is 16.2. The average Bonchev–Trinajstić information content (AvgIpc) is 2.60. The second-order valence-corrected chi connectivity index (χ2v) is 6.26. The summed E-state index contributed by atoms with van der Waals surface area (Å²) in [6.45, 7) is 8.02. The summed E-state index contributed by atoms with van der Waals surface area (Å²) >= 11 is 0. The third-order valence-electron chi connectivity index (χ3n) is 4.04. The molecule has 7 nitrogen and oxygen atoms in total. The lowest BCUT2D eigenvalue weighted by molar-refractivity contribution is -0.135. The van der Waals surface area contributed by atoms with Crippen LogP contribution in [0.5, 0.6) is 0 Å². The van der Waals surface area contributed by atoms with Crippen LogP contribution in [0.1, 0.15) is 33.6 Å². The molecule has 0 aromatic rings. The highest BCUT2D eigenvalue weighted by Gasteiger charge is 2.43. The molecule has 7 heteroatoms. The molecule has 2 aliphatic heterocycles. The second-order valence-electron chi connectivity index (χ2n) is 6.26. The lowest BCUT2D eigenvalue weighted by Gasteiger charge is -2.34. The maximum absolute atomic E-state index is 12.2. The Morgan fingerprint density at radius 1 is 1.38 bits per heavy atom. The van der Waals surface area contributed by atoms with Gasteiger partial charge >= 0.3 is 6.03 Å². The summed E-state index contributed by atoms with van der Waals surface area (Å²) in [4.78, 5) is 39.0. The Labute approximate surface area is 125 Å². The van der Waals surface area contributed by atoms with Crippen molar-refractivity contribution in [3.63, 3.8) is 0 Å². The van der Waals surface area contributed by atoms with Crippen LogP contribution < -0.4 is 10.6 Å². The molecule has 0 bridgehead atoms. The van der Waals surface area contributed by atoms with Gasteiger partial charge in [0, 0.05) is 38.6 Å². The van der Waals surface area contributed by atoms with Crippen LogP contribution >= 0.6 is 0 Å². The van der Waals surface area contributed by atoms with E-state index in [4.69, 9.17) is 0 Å². The molecular formula is C14H24N4O3. The van der Waals surface area contributed by atoms with Crippen LogP contribution in [0.25, 0.3) is 0 Å². The molecule has 2 rings (SSSR count). The van der Waals surface area contributed by atoms with Gasteiger partial charge in [-0.05, 0) is 27.2 Å². The van der Waals surface area contributed by atoms with E-state index in [2.05, 4.69) is 10.6 Å². The molecule has 0 radical (unpaired) electrons. The predicted octanol–water partition coefficient (Wildman–Crippen LogP) is -0.0827. The maximum Gasteiger partial charge on any atom is 0.325 e. The van der Waals surface area contributed by atoms with Crippen LogP contribution in [-0.2, 0) is 9.59 Å². The number of amides is 4. The van der Waals surface area contributed by atoms with E-state index in [9.17, 15) is 14.4 Å². The highest BCUT2D eigenvalue weighted by molar-refractivity contribution is 6.06. The van der Waals surface area contributed by atoms with Crippen LogP contribution in [0.15, 0.2) is 0 Å². The van der Waals surface area contributed by atoms with E-state index in [1.54, 1.807) is 13.8 Å². The third-order valence-corrected chi connectivity index (χ3v) is 4.04. The van der Waals surface area contributed by atoms with Crippen molar-refractivity contribution < 1.29 is 14.4 Å². The molecule has 2 aliphatic rings. The SMILES string of the molecule is C[C@H]1CNCCN1C(=O)CCCN1C(=O)NC(C)(C)C1=O. The monoisotopic (exact) mass is 296 g/mol. The number of urea groups is 1. The summed E-state index contributed by atoms with van der Waals surface area (Å²) in [6.07, 6.45) is 0.868. The molecule has 0 aliphatic carbocycles. The van der Waals surface area contributed by atoms with Gasteiger partial charge in [0.1, 0.15) is 5.54 Å². The summed E-state index contributed by atoms with van der Waals surface area (Å²) in [5.74, 6) is -0.134. The number of carbonyl (C=O) groups excluding carboxylic acids is 3. The lowest BCUT2D eigenvalue weighted by Crippen LogP contribution is -2.52. The van der Waals surface area contributed by atoms with Crippen molar-refractivity contribution in [3.05, 3.63) is 0 Å². The van der Waals surface area contributed by atoms with E-state index in [-0.39, 0.29) is 23.9 Å². The molecule has 2 heterocycles. The molecule has 21 heavy (non-hydrogen) atoms. The van der Waals surface area contributed by atoms with Crippen molar-refractivity contribution >= 4 is 17.8 Å². The van der Waals surface area contributed by atoms with Crippen molar-refractivity contribution in [1.29, 1.82) is 0 Å². The minimum atomic E-state index is -0.839. The molecule has 118 valence electrons. The van der Waals surface area contributed by atoms with E-state index in [1.165, 1.54) is 4.90 Å².